The quantitative estimate of drug-likeness (QED) is 0.887. The maximum atomic E-state index is 12.7. The van der Waals surface area contributed by atoms with E-state index in [9.17, 15) is 8.42 Å². The van der Waals surface area contributed by atoms with E-state index in [1.807, 2.05) is 39.0 Å². The molecule has 0 aliphatic carbocycles. The maximum Gasteiger partial charge on any atom is 0.264 e. The zero-order valence-corrected chi connectivity index (χ0v) is 13.5. The summed E-state index contributed by atoms with van der Waals surface area (Å²) in [7, 11) is -2.06. The minimum atomic E-state index is -3.62. The molecule has 0 aliphatic heterocycles. The van der Waals surface area contributed by atoms with Gasteiger partial charge >= 0.3 is 0 Å². The summed E-state index contributed by atoms with van der Waals surface area (Å²) in [6, 6.07) is 10.6. The van der Waals surface area contributed by atoms with Crippen LogP contribution in [0.1, 0.15) is 16.7 Å². The first-order chi connectivity index (χ1) is 9.71. The van der Waals surface area contributed by atoms with Crippen LogP contribution < -0.4 is 10.0 Å². The highest BCUT2D eigenvalue weighted by atomic mass is 32.2. The Kier molecular flexibility index (Phi) is 3.96. The highest BCUT2D eigenvalue weighted by Crippen LogP contribution is 2.27. The van der Waals surface area contributed by atoms with Crippen molar-refractivity contribution in [3.05, 3.63) is 53.1 Å². The Labute approximate surface area is 126 Å². The lowest BCUT2D eigenvalue weighted by Gasteiger charge is -2.22. The Morgan fingerprint density at radius 3 is 2.19 bits per heavy atom. The summed E-state index contributed by atoms with van der Waals surface area (Å²) in [6.45, 7) is 5.71. The summed E-state index contributed by atoms with van der Waals surface area (Å²) >= 11 is 0. The van der Waals surface area contributed by atoms with Crippen LogP contribution in [0.2, 0.25) is 0 Å². The molecule has 2 N–H and O–H groups in total. The SMILES string of the molecule is Cc1cc(N)cc(S(=O)(=O)N(C)c2ccc(C)cc2C)c1. The van der Waals surface area contributed by atoms with E-state index in [1.165, 1.54) is 10.4 Å². The molecule has 5 heteroatoms. The Morgan fingerprint density at radius 2 is 1.62 bits per heavy atom. The number of nitrogens with two attached hydrogens (primary N) is 1. The molecule has 0 aromatic heterocycles. The minimum absolute atomic E-state index is 0.211. The van der Waals surface area contributed by atoms with Gasteiger partial charge in [-0.25, -0.2) is 8.42 Å². The molecule has 2 aromatic carbocycles. The highest BCUT2D eigenvalue weighted by molar-refractivity contribution is 7.92. The normalized spacial score (nSPS) is 11.4. The summed E-state index contributed by atoms with van der Waals surface area (Å²) in [5.74, 6) is 0. The molecular weight excluding hydrogens is 284 g/mol. The third kappa shape index (κ3) is 3.03. The van der Waals surface area contributed by atoms with Crippen LogP contribution in [0.15, 0.2) is 41.3 Å². The number of sulfonamides is 1. The van der Waals surface area contributed by atoms with Crippen molar-refractivity contribution < 1.29 is 8.42 Å². The monoisotopic (exact) mass is 304 g/mol. The Hall–Kier alpha value is -2.01. The van der Waals surface area contributed by atoms with Crippen molar-refractivity contribution in [2.24, 2.45) is 0 Å². The summed E-state index contributed by atoms with van der Waals surface area (Å²) in [5, 5.41) is 0. The van der Waals surface area contributed by atoms with Gasteiger partial charge in [-0.05, 0) is 56.2 Å². The van der Waals surface area contributed by atoms with Crippen molar-refractivity contribution in [3.63, 3.8) is 0 Å². The number of hydrogen-bond acceptors (Lipinski definition) is 3. The lowest BCUT2D eigenvalue weighted by Crippen LogP contribution is -2.27. The van der Waals surface area contributed by atoms with E-state index >= 15 is 0 Å². The molecule has 2 rings (SSSR count). The van der Waals surface area contributed by atoms with Crippen molar-refractivity contribution in [1.82, 2.24) is 0 Å². The van der Waals surface area contributed by atoms with Crippen LogP contribution in [-0.4, -0.2) is 15.5 Å². The zero-order chi connectivity index (χ0) is 15.8. The van der Waals surface area contributed by atoms with Gasteiger partial charge in [0.2, 0.25) is 0 Å². The van der Waals surface area contributed by atoms with Gasteiger partial charge in [-0.15, -0.1) is 0 Å². The largest absolute Gasteiger partial charge is 0.399 e. The first-order valence-corrected chi connectivity index (χ1v) is 8.09. The first-order valence-electron chi connectivity index (χ1n) is 6.65. The molecule has 0 radical (unpaired) electrons. The van der Waals surface area contributed by atoms with Gasteiger partial charge in [0.15, 0.2) is 0 Å². The van der Waals surface area contributed by atoms with E-state index in [2.05, 4.69) is 0 Å². The van der Waals surface area contributed by atoms with E-state index in [0.29, 0.717) is 11.4 Å². The number of nitrogens with zero attached hydrogens (tertiary/aromatic N) is 1. The fraction of sp³-hybridized carbons (Fsp3) is 0.250. The average molecular weight is 304 g/mol. The fourth-order valence-electron chi connectivity index (χ4n) is 2.37. The molecule has 0 saturated heterocycles. The lowest BCUT2D eigenvalue weighted by molar-refractivity contribution is 0.594. The first kappa shape index (κ1) is 15.4. The number of hydrogen-bond donors (Lipinski definition) is 1. The molecule has 0 unspecified atom stereocenters. The van der Waals surface area contributed by atoms with Crippen LogP contribution in [-0.2, 0) is 10.0 Å². The van der Waals surface area contributed by atoms with Gasteiger partial charge < -0.3 is 5.73 Å². The van der Waals surface area contributed by atoms with E-state index < -0.39 is 10.0 Å². The Morgan fingerprint density at radius 1 is 0.952 bits per heavy atom. The summed E-state index contributed by atoms with van der Waals surface area (Å²) in [6.07, 6.45) is 0. The average Bonchev–Trinajstić information content (AvgIpc) is 2.36. The number of nitrogen functional groups attached to an aromatic ring is 1. The molecule has 112 valence electrons. The van der Waals surface area contributed by atoms with Crippen molar-refractivity contribution in [3.8, 4) is 0 Å². The summed E-state index contributed by atoms with van der Waals surface area (Å²) < 4.78 is 26.8. The van der Waals surface area contributed by atoms with Gasteiger partial charge in [0, 0.05) is 12.7 Å². The number of benzene rings is 2. The van der Waals surface area contributed by atoms with Crippen LogP contribution in [0.3, 0.4) is 0 Å². The molecular formula is C16H20N2O2S. The molecule has 0 fully saturated rings. The highest BCUT2D eigenvalue weighted by Gasteiger charge is 2.23. The molecule has 0 heterocycles. The van der Waals surface area contributed by atoms with Crippen LogP contribution in [0.4, 0.5) is 11.4 Å². The van der Waals surface area contributed by atoms with Crippen LogP contribution in [0.25, 0.3) is 0 Å². The van der Waals surface area contributed by atoms with Crippen molar-refractivity contribution in [2.45, 2.75) is 25.7 Å². The maximum absolute atomic E-state index is 12.7. The molecule has 4 nitrogen and oxygen atoms in total. The molecule has 0 bridgehead atoms. The third-order valence-electron chi connectivity index (χ3n) is 3.42. The number of rotatable bonds is 3. The van der Waals surface area contributed by atoms with Crippen LogP contribution in [0, 0.1) is 20.8 Å². The molecule has 0 amide bonds. The molecule has 0 spiro atoms. The second-order valence-corrected chi connectivity index (χ2v) is 7.31. The molecule has 0 aliphatic rings. The standard InChI is InChI=1S/C16H20N2O2S/c1-11-5-6-16(13(3)7-11)18(4)21(19,20)15-9-12(2)8-14(17)10-15/h5-10H,17H2,1-4H3. The lowest BCUT2D eigenvalue weighted by atomic mass is 10.1. The predicted octanol–water partition coefficient (Wildman–Crippen LogP) is 3.02. The Bertz CT molecular complexity index is 763. The van der Waals surface area contributed by atoms with Gasteiger partial charge in [0.05, 0.1) is 10.6 Å². The van der Waals surface area contributed by atoms with E-state index in [-0.39, 0.29) is 4.90 Å². The van der Waals surface area contributed by atoms with Crippen LogP contribution >= 0.6 is 0 Å². The topological polar surface area (TPSA) is 63.4 Å². The van der Waals surface area contributed by atoms with Crippen molar-refractivity contribution in [1.29, 1.82) is 0 Å². The van der Waals surface area contributed by atoms with Gasteiger partial charge in [-0.3, -0.25) is 4.31 Å². The molecule has 0 atom stereocenters. The summed E-state index contributed by atoms with van der Waals surface area (Å²) in [5.41, 5.74) is 9.71. The zero-order valence-electron chi connectivity index (χ0n) is 12.7. The Balaban J connectivity index is 2.52. The van der Waals surface area contributed by atoms with E-state index in [4.69, 9.17) is 5.73 Å². The number of anilines is 2. The molecule has 0 saturated carbocycles. The second kappa shape index (κ2) is 5.41. The van der Waals surface area contributed by atoms with Gasteiger partial charge in [0.25, 0.3) is 10.0 Å². The van der Waals surface area contributed by atoms with E-state index in [0.717, 1.165) is 16.7 Å². The van der Waals surface area contributed by atoms with Crippen molar-refractivity contribution >= 4 is 21.4 Å². The van der Waals surface area contributed by atoms with Gasteiger partial charge in [0.1, 0.15) is 0 Å². The molecule has 2 aromatic rings. The smallest absolute Gasteiger partial charge is 0.264 e. The fourth-order valence-corrected chi connectivity index (χ4v) is 3.77. The van der Waals surface area contributed by atoms with E-state index in [1.54, 1.807) is 19.2 Å². The molecule has 21 heavy (non-hydrogen) atoms. The summed E-state index contributed by atoms with van der Waals surface area (Å²) in [4.78, 5) is 0.211. The minimum Gasteiger partial charge on any atom is -0.399 e. The third-order valence-corrected chi connectivity index (χ3v) is 5.17. The van der Waals surface area contributed by atoms with Gasteiger partial charge in [-0.2, -0.15) is 0 Å². The van der Waals surface area contributed by atoms with Crippen molar-refractivity contribution in [2.75, 3.05) is 17.1 Å². The predicted molar refractivity (Wildman–Crippen MR) is 87.1 cm³/mol. The number of aryl methyl sites for hydroxylation is 3. The second-order valence-electron chi connectivity index (χ2n) is 5.34. The van der Waals surface area contributed by atoms with Gasteiger partial charge in [-0.1, -0.05) is 17.7 Å². The van der Waals surface area contributed by atoms with Crippen LogP contribution in [0.5, 0.6) is 0 Å².